The largest absolute Gasteiger partial charge is 0.389 e. The number of benzene rings is 1. The smallest absolute Gasteiger partial charge is 0.223 e. The van der Waals surface area contributed by atoms with E-state index in [1.165, 1.54) is 0 Å². The maximum Gasteiger partial charge on any atom is 0.223 e. The molecule has 0 saturated heterocycles. The fourth-order valence-corrected chi connectivity index (χ4v) is 2.74. The van der Waals surface area contributed by atoms with Crippen molar-refractivity contribution in [3.05, 3.63) is 35.9 Å². The maximum absolute atomic E-state index is 11.9. The van der Waals surface area contributed by atoms with Gasteiger partial charge in [0.25, 0.3) is 0 Å². The Morgan fingerprint density at radius 1 is 1.30 bits per heavy atom. The van der Waals surface area contributed by atoms with Crippen LogP contribution in [0.15, 0.2) is 30.3 Å². The normalized spacial score (nSPS) is 20.4. The number of rotatable bonds is 5. The van der Waals surface area contributed by atoms with Gasteiger partial charge in [-0.15, -0.1) is 0 Å². The molecule has 2 rings (SSSR count). The molecule has 0 radical (unpaired) electrons. The Morgan fingerprint density at radius 3 is 2.50 bits per heavy atom. The summed E-state index contributed by atoms with van der Waals surface area (Å²) in [5, 5.41) is 23.3. The van der Waals surface area contributed by atoms with Crippen molar-refractivity contribution in [2.75, 3.05) is 6.54 Å². The van der Waals surface area contributed by atoms with Crippen molar-refractivity contribution in [2.45, 2.75) is 50.2 Å². The third-order valence-corrected chi connectivity index (χ3v) is 4.05. The molecule has 0 heterocycles. The molecule has 4 heteroatoms. The van der Waals surface area contributed by atoms with Crippen LogP contribution in [0.25, 0.3) is 0 Å². The molecule has 1 atom stereocenters. The monoisotopic (exact) mass is 277 g/mol. The van der Waals surface area contributed by atoms with E-state index in [9.17, 15) is 15.0 Å². The molecule has 1 aromatic carbocycles. The van der Waals surface area contributed by atoms with Gasteiger partial charge in [0, 0.05) is 0 Å². The van der Waals surface area contributed by atoms with Crippen LogP contribution >= 0.6 is 0 Å². The van der Waals surface area contributed by atoms with E-state index in [1.807, 2.05) is 30.3 Å². The number of amides is 1. The number of aliphatic hydroxyl groups is 2. The highest BCUT2D eigenvalue weighted by Crippen LogP contribution is 2.32. The molecule has 1 amide bonds. The van der Waals surface area contributed by atoms with Gasteiger partial charge in [0.15, 0.2) is 0 Å². The number of carbonyl (C=O) groups is 1. The molecule has 0 aromatic heterocycles. The summed E-state index contributed by atoms with van der Waals surface area (Å²) in [4.78, 5) is 11.9. The van der Waals surface area contributed by atoms with Crippen LogP contribution in [0.4, 0.5) is 0 Å². The molecule has 0 spiro atoms. The van der Waals surface area contributed by atoms with Gasteiger partial charge in [-0.3, -0.25) is 4.79 Å². The van der Waals surface area contributed by atoms with Crippen molar-refractivity contribution in [3.63, 3.8) is 0 Å². The predicted molar refractivity (Wildman–Crippen MR) is 77.1 cm³/mol. The first-order valence-corrected chi connectivity index (χ1v) is 7.18. The van der Waals surface area contributed by atoms with Crippen LogP contribution in [0.2, 0.25) is 0 Å². The van der Waals surface area contributed by atoms with E-state index < -0.39 is 11.2 Å². The minimum absolute atomic E-state index is 0.123. The van der Waals surface area contributed by atoms with E-state index in [2.05, 4.69) is 5.32 Å². The second-order valence-corrected chi connectivity index (χ2v) is 6.02. The standard InChI is InChI=1S/C16H23NO3/c1-15(19,13-7-3-2-4-8-13)12-17-14(18)11-16(20)9-5-6-10-16/h2-4,7-8,19-20H,5-6,9-12H2,1H3,(H,17,18). The Kier molecular flexibility index (Phi) is 4.45. The van der Waals surface area contributed by atoms with Crippen LogP contribution < -0.4 is 5.32 Å². The summed E-state index contributed by atoms with van der Waals surface area (Å²) in [6.45, 7) is 1.82. The number of hydrogen-bond acceptors (Lipinski definition) is 3. The van der Waals surface area contributed by atoms with Gasteiger partial charge in [-0.2, -0.15) is 0 Å². The Morgan fingerprint density at radius 2 is 1.90 bits per heavy atom. The number of hydrogen-bond donors (Lipinski definition) is 3. The lowest BCUT2D eigenvalue weighted by Crippen LogP contribution is -2.41. The fourth-order valence-electron chi connectivity index (χ4n) is 2.74. The van der Waals surface area contributed by atoms with Crippen molar-refractivity contribution < 1.29 is 15.0 Å². The average Bonchev–Trinajstić information content (AvgIpc) is 2.84. The Balaban J connectivity index is 1.86. The Hall–Kier alpha value is -1.39. The van der Waals surface area contributed by atoms with E-state index >= 15 is 0 Å². The van der Waals surface area contributed by atoms with Crippen LogP contribution in [-0.2, 0) is 10.4 Å². The number of carbonyl (C=O) groups excluding carboxylic acids is 1. The summed E-state index contributed by atoms with van der Waals surface area (Å²) in [5.41, 5.74) is -1.18. The first kappa shape index (κ1) is 15.0. The van der Waals surface area contributed by atoms with E-state index in [-0.39, 0.29) is 18.9 Å². The third-order valence-electron chi connectivity index (χ3n) is 4.05. The molecule has 1 aromatic rings. The van der Waals surface area contributed by atoms with Crippen molar-refractivity contribution in [1.29, 1.82) is 0 Å². The Labute approximate surface area is 119 Å². The minimum atomic E-state index is -1.10. The zero-order valence-electron chi connectivity index (χ0n) is 11.9. The van der Waals surface area contributed by atoms with Crippen LogP contribution in [0, 0.1) is 0 Å². The quantitative estimate of drug-likeness (QED) is 0.767. The average molecular weight is 277 g/mol. The van der Waals surface area contributed by atoms with Gasteiger partial charge in [0.1, 0.15) is 5.60 Å². The van der Waals surface area contributed by atoms with E-state index in [1.54, 1.807) is 6.92 Å². The molecule has 20 heavy (non-hydrogen) atoms. The molecular formula is C16H23NO3. The van der Waals surface area contributed by atoms with Crippen LogP contribution in [0.1, 0.15) is 44.6 Å². The Bertz CT molecular complexity index is 450. The van der Waals surface area contributed by atoms with Crippen molar-refractivity contribution >= 4 is 5.91 Å². The molecule has 1 fully saturated rings. The van der Waals surface area contributed by atoms with Crippen molar-refractivity contribution in [1.82, 2.24) is 5.32 Å². The second kappa shape index (κ2) is 5.94. The summed E-state index contributed by atoms with van der Waals surface area (Å²) in [5.74, 6) is -0.203. The summed E-state index contributed by atoms with van der Waals surface area (Å²) >= 11 is 0. The first-order valence-electron chi connectivity index (χ1n) is 7.18. The first-order chi connectivity index (χ1) is 9.41. The fraction of sp³-hybridized carbons (Fsp3) is 0.562. The lowest BCUT2D eigenvalue weighted by molar-refractivity contribution is -0.127. The molecule has 0 bridgehead atoms. The summed E-state index contributed by atoms with van der Waals surface area (Å²) in [6.07, 6.45) is 3.46. The molecule has 4 nitrogen and oxygen atoms in total. The molecule has 1 aliphatic rings. The highest BCUT2D eigenvalue weighted by atomic mass is 16.3. The van der Waals surface area contributed by atoms with E-state index in [0.717, 1.165) is 18.4 Å². The molecule has 1 aliphatic carbocycles. The van der Waals surface area contributed by atoms with Gasteiger partial charge >= 0.3 is 0 Å². The summed E-state index contributed by atoms with van der Waals surface area (Å²) < 4.78 is 0. The zero-order valence-corrected chi connectivity index (χ0v) is 11.9. The number of nitrogens with one attached hydrogen (secondary N) is 1. The predicted octanol–water partition coefficient (Wildman–Crippen LogP) is 1.71. The molecule has 3 N–H and O–H groups in total. The molecule has 0 aliphatic heterocycles. The lowest BCUT2D eigenvalue weighted by Gasteiger charge is -2.26. The highest BCUT2D eigenvalue weighted by molar-refractivity contribution is 5.77. The molecule has 1 saturated carbocycles. The topological polar surface area (TPSA) is 69.6 Å². The SMILES string of the molecule is CC(O)(CNC(=O)CC1(O)CCCC1)c1ccccc1. The maximum atomic E-state index is 11.9. The highest BCUT2D eigenvalue weighted by Gasteiger charge is 2.34. The van der Waals surface area contributed by atoms with Gasteiger partial charge in [0.05, 0.1) is 18.6 Å². The molecule has 110 valence electrons. The minimum Gasteiger partial charge on any atom is -0.389 e. The van der Waals surface area contributed by atoms with Crippen molar-refractivity contribution in [2.24, 2.45) is 0 Å². The van der Waals surface area contributed by atoms with Crippen LogP contribution in [-0.4, -0.2) is 28.3 Å². The third kappa shape index (κ3) is 3.81. The zero-order chi connectivity index (χ0) is 14.6. The van der Waals surface area contributed by atoms with Gasteiger partial charge in [0.2, 0.25) is 5.91 Å². The van der Waals surface area contributed by atoms with E-state index in [0.29, 0.717) is 12.8 Å². The summed E-state index contributed by atoms with van der Waals surface area (Å²) in [7, 11) is 0. The second-order valence-electron chi connectivity index (χ2n) is 6.02. The lowest BCUT2D eigenvalue weighted by atomic mass is 9.95. The molecule has 1 unspecified atom stereocenters. The van der Waals surface area contributed by atoms with Crippen molar-refractivity contribution in [3.8, 4) is 0 Å². The van der Waals surface area contributed by atoms with Gasteiger partial charge < -0.3 is 15.5 Å². The van der Waals surface area contributed by atoms with Gasteiger partial charge in [-0.25, -0.2) is 0 Å². The molecular weight excluding hydrogens is 254 g/mol. The van der Waals surface area contributed by atoms with E-state index in [4.69, 9.17) is 0 Å². The van der Waals surface area contributed by atoms with Crippen LogP contribution in [0.3, 0.4) is 0 Å². The van der Waals surface area contributed by atoms with Gasteiger partial charge in [-0.05, 0) is 25.3 Å². The van der Waals surface area contributed by atoms with Crippen LogP contribution in [0.5, 0.6) is 0 Å². The summed E-state index contributed by atoms with van der Waals surface area (Å²) in [6, 6.07) is 9.25. The van der Waals surface area contributed by atoms with Gasteiger partial charge in [-0.1, -0.05) is 43.2 Å².